The molecule has 1 aromatic heterocycles. The first-order valence-corrected chi connectivity index (χ1v) is 12.5. The Hall–Kier alpha value is -3.88. The number of carbonyl (C=O) groups excluding carboxylic acids is 1. The molecule has 0 radical (unpaired) electrons. The maximum Gasteiger partial charge on any atom is 0.241 e. The van der Waals surface area contributed by atoms with Crippen LogP contribution in [-0.4, -0.2) is 41.1 Å². The highest BCUT2D eigenvalue weighted by Gasteiger charge is 2.28. The van der Waals surface area contributed by atoms with Crippen LogP contribution in [-0.2, 0) is 11.3 Å². The number of amides is 1. The third-order valence-electron chi connectivity index (χ3n) is 6.22. The van der Waals surface area contributed by atoms with E-state index in [4.69, 9.17) is 25.6 Å². The molecule has 0 saturated carbocycles. The summed E-state index contributed by atoms with van der Waals surface area (Å²) in [5, 5.41) is 7.62. The molecular formula is C28H27ClN4O4. The number of benzene rings is 3. The fourth-order valence-corrected chi connectivity index (χ4v) is 4.55. The third-order valence-corrected chi connectivity index (χ3v) is 6.46. The summed E-state index contributed by atoms with van der Waals surface area (Å²) in [4.78, 5) is 20.0. The Kier molecular flexibility index (Phi) is 7.67. The van der Waals surface area contributed by atoms with Gasteiger partial charge in [-0.25, -0.2) is 0 Å². The molecule has 1 aliphatic heterocycles. The molecule has 1 fully saturated rings. The van der Waals surface area contributed by atoms with Crippen molar-refractivity contribution in [2.75, 3.05) is 25.5 Å². The monoisotopic (exact) mass is 518 g/mol. The Balaban J connectivity index is 1.25. The molecule has 37 heavy (non-hydrogen) atoms. The van der Waals surface area contributed by atoms with Gasteiger partial charge < -0.3 is 19.3 Å². The molecule has 3 aromatic carbocycles. The van der Waals surface area contributed by atoms with Crippen LogP contribution >= 0.6 is 11.6 Å². The van der Waals surface area contributed by atoms with Gasteiger partial charge in [0.25, 0.3) is 0 Å². The summed E-state index contributed by atoms with van der Waals surface area (Å²) in [5.74, 6) is 2.41. The van der Waals surface area contributed by atoms with E-state index < -0.39 is 0 Å². The molecule has 1 atom stereocenters. The summed E-state index contributed by atoms with van der Waals surface area (Å²) in [5.41, 5.74) is 1.41. The maximum atomic E-state index is 13.3. The fourth-order valence-electron chi connectivity index (χ4n) is 4.37. The number of hydrogen-bond acceptors (Lipinski definition) is 7. The molecule has 5 rings (SSSR count). The lowest BCUT2D eigenvalue weighted by atomic mass is 9.97. The summed E-state index contributed by atoms with van der Waals surface area (Å²) < 4.78 is 16.9. The fraction of sp³-hybridized carbons (Fsp3) is 0.250. The van der Waals surface area contributed by atoms with Gasteiger partial charge in [-0.3, -0.25) is 9.69 Å². The van der Waals surface area contributed by atoms with E-state index in [2.05, 4.69) is 20.4 Å². The van der Waals surface area contributed by atoms with Crippen molar-refractivity contribution >= 4 is 23.2 Å². The Morgan fingerprint density at radius 1 is 1.08 bits per heavy atom. The van der Waals surface area contributed by atoms with Crippen molar-refractivity contribution in [2.45, 2.75) is 19.4 Å². The maximum absolute atomic E-state index is 13.3. The third kappa shape index (κ3) is 6.10. The molecule has 1 N–H and O–H groups in total. The molecule has 2 heterocycles. The largest absolute Gasteiger partial charge is 0.493 e. The first-order chi connectivity index (χ1) is 18.1. The molecule has 1 unspecified atom stereocenters. The highest BCUT2D eigenvalue weighted by Crippen LogP contribution is 2.36. The van der Waals surface area contributed by atoms with E-state index in [9.17, 15) is 4.79 Å². The van der Waals surface area contributed by atoms with E-state index in [1.54, 1.807) is 31.4 Å². The van der Waals surface area contributed by atoms with E-state index in [1.807, 2.05) is 48.5 Å². The number of nitrogens with zero attached hydrogens (tertiary/aromatic N) is 3. The first kappa shape index (κ1) is 24.8. The normalized spacial score (nSPS) is 15.8. The predicted molar refractivity (Wildman–Crippen MR) is 141 cm³/mol. The summed E-state index contributed by atoms with van der Waals surface area (Å²) in [7, 11) is 1.58. The molecular weight excluding hydrogens is 492 g/mol. The van der Waals surface area contributed by atoms with Crippen molar-refractivity contribution in [1.82, 2.24) is 15.0 Å². The number of likely N-dealkylation sites (tertiary alicyclic amines) is 1. The molecule has 1 amide bonds. The number of rotatable bonds is 8. The molecule has 4 aromatic rings. The number of para-hydroxylation sites is 2. The zero-order valence-electron chi connectivity index (χ0n) is 20.4. The second kappa shape index (κ2) is 11.5. The lowest BCUT2D eigenvalue weighted by Crippen LogP contribution is -2.40. The van der Waals surface area contributed by atoms with Crippen molar-refractivity contribution < 1.29 is 18.8 Å². The average Bonchev–Trinajstić information content (AvgIpc) is 3.39. The van der Waals surface area contributed by atoms with Crippen molar-refractivity contribution in [3.05, 3.63) is 83.7 Å². The van der Waals surface area contributed by atoms with Gasteiger partial charge in [-0.15, -0.1) is 0 Å². The Bertz CT molecular complexity index is 1360. The first-order valence-electron chi connectivity index (χ1n) is 12.1. The van der Waals surface area contributed by atoms with Crippen LogP contribution in [0.2, 0.25) is 5.02 Å². The molecule has 190 valence electrons. The van der Waals surface area contributed by atoms with Crippen molar-refractivity contribution in [3.63, 3.8) is 0 Å². The lowest BCUT2D eigenvalue weighted by Gasteiger charge is -2.31. The van der Waals surface area contributed by atoms with Crippen LogP contribution in [0.1, 0.15) is 18.7 Å². The second-order valence-electron chi connectivity index (χ2n) is 8.83. The average molecular weight is 519 g/mol. The minimum absolute atomic E-state index is 0.0904. The van der Waals surface area contributed by atoms with E-state index in [-0.39, 0.29) is 11.8 Å². The van der Waals surface area contributed by atoms with Gasteiger partial charge in [0.15, 0.2) is 17.2 Å². The zero-order valence-corrected chi connectivity index (χ0v) is 21.1. The highest BCUT2D eigenvalue weighted by atomic mass is 35.5. The number of hydrogen-bond donors (Lipinski definition) is 1. The number of methoxy groups -OCH3 is 1. The Labute approximate surface area is 220 Å². The number of carbonyl (C=O) groups is 1. The Morgan fingerprint density at radius 2 is 1.86 bits per heavy atom. The molecule has 9 heteroatoms. The van der Waals surface area contributed by atoms with Crippen LogP contribution in [0, 0.1) is 5.92 Å². The van der Waals surface area contributed by atoms with Crippen molar-refractivity contribution in [1.29, 1.82) is 0 Å². The molecule has 0 spiro atoms. The van der Waals surface area contributed by atoms with Gasteiger partial charge in [0.2, 0.25) is 17.6 Å². The van der Waals surface area contributed by atoms with Crippen LogP contribution in [0.3, 0.4) is 0 Å². The van der Waals surface area contributed by atoms with Gasteiger partial charge in [-0.2, -0.15) is 4.98 Å². The van der Waals surface area contributed by atoms with E-state index >= 15 is 0 Å². The summed E-state index contributed by atoms with van der Waals surface area (Å²) in [6, 6.07) is 22.2. The van der Waals surface area contributed by atoms with Gasteiger partial charge in [0, 0.05) is 17.1 Å². The molecule has 0 bridgehead atoms. The van der Waals surface area contributed by atoms with E-state index in [0.717, 1.165) is 24.9 Å². The number of anilines is 1. The van der Waals surface area contributed by atoms with Crippen LogP contribution in [0.4, 0.5) is 5.69 Å². The van der Waals surface area contributed by atoms with E-state index in [1.165, 1.54) is 0 Å². The van der Waals surface area contributed by atoms with Gasteiger partial charge in [0.1, 0.15) is 0 Å². The van der Waals surface area contributed by atoms with Gasteiger partial charge >= 0.3 is 0 Å². The van der Waals surface area contributed by atoms with Crippen molar-refractivity contribution in [2.24, 2.45) is 5.92 Å². The molecule has 8 nitrogen and oxygen atoms in total. The zero-order chi connectivity index (χ0) is 25.6. The number of piperidine rings is 1. The van der Waals surface area contributed by atoms with Crippen LogP contribution in [0.15, 0.2) is 77.3 Å². The smallest absolute Gasteiger partial charge is 0.241 e. The van der Waals surface area contributed by atoms with Crippen molar-refractivity contribution in [3.8, 4) is 28.6 Å². The number of aromatic nitrogens is 2. The van der Waals surface area contributed by atoms with Crippen LogP contribution in [0.5, 0.6) is 17.2 Å². The summed E-state index contributed by atoms with van der Waals surface area (Å²) in [6.07, 6.45) is 1.67. The van der Waals surface area contributed by atoms with Crippen LogP contribution < -0.4 is 14.8 Å². The van der Waals surface area contributed by atoms with Gasteiger partial charge in [-0.1, -0.05) is 59.2 Å². The van der Waals surface area contributed by atoms with E-state index in [0.29, 0.717) is 52.8 Å². The molecule has 1 aliphatic rings. The number of halogens is 1. The molecule has 0 aliphatic carbocycles. The Morgan fingerprint density at radius 3 is 2.68 bits per heavy atom. The number of nitrogens with one attached hydrogen (secondary N) is 1. The SMILES string of the molecule is COc1ccccc1Oc1ccc(Cl)cc1NC(=O)C1CCCN(Cc2nc(-c3ccccc3)no2)C1. The highest BCUT2D eigenvalue weighted by molar-refractivity contribution is 6.31. The summed E-state index contributed by atoms with van der Waals surface area (Å²) in [6.45, 7) is 1.92. The minimum atomic E-state index is -0.205. The lowest BCUT2D eigenvalue weighted by molar-refractivity contribution is -0.121. The van der Waals surface area contributed by atoms with Gasteiger partial charge in [0.05, 0.1) is 25.3 Å². The second-order valence-corrected chi connectivity index (χ2v) is 9.27. The van der Waals surface area contributed by atoms with Crippen LogP contribution in [0.25, 0.3) is 11.4 Å². The topological polar surface area (TPSA) is 89.7 Å². The summed E-state index contributed by atoms with van der Waals surface area (Å²) >= 11 is 6.24. The standard InChI is InChI=1S/C28H27ClN4O4/c1-35-24-11-5-6-12-25(24)36-23-14-13-21(29)16-22(23)30-28(34)20-10-7-15-33(17-20)18-26-31-27(32-37-26)19-8-3-2-4-9-19/h2-6,8-9,11-14,16,20H,7,10,15,17-18H2,1H3,(H,30,34). The quantitative estimate of drug-likeness (QED) is 0.304. The predicted octanol–water partition coefficient (Wildman–Crippen LogP) is 6.04. The minimum Gasteiger partial charge on any atom is -0.493 e. The van der Waals surface area contributed by atoms with Gasteiger partial charge in [-0.05, 0) is 49.7 Å². The number of ether oxygens (including phenoxy) is 2. The molecule has 1 saturated heterocycles.